The van der Waals surface area contributed by atoms with E-state index in [0.717, 1.165) is 34.4 Å². The Bertz CT molecular complexity index is 640. The van der Waals surface area contributed by atoms with Gasteiger partial charge in [0, 0.05) is 24.2 Å². The molecule has 0 atom stereocenters. The Morgan fingerprint density at radius 2 is 1.65 bits per heavy atom. The van der Waals surface area contributed by atoms with Crippen LogP contribution < -0.4 is 5.32 Å². The Balaban J connectivity index is 2.72. The van der Waals surface area contributed by atoms with Crippen LogP contribution in [0.4, 0.5) is 5.82 Å². The first-order valence-electron chi connectivity index (χ1n) is 6.96. The standard InChI is InChI=1S/C15H23N5/c1-8(2)13-17-14(16-7)10(4)15(18-13)20-12(6)9(3)11(5)19-20/h8H,1-7H3,(H,16,17,18). The van der Waals surface area contributed by atoms with Crippen molar-refractivity contribution in [2.75, 3.05) is 12.4 Å². The molecular weight excluding hydrogens is 250 g/mol. The molecule has 0 unspecified atom stereocenters. The molecule has 20 heavy (non-hydrogen) atoms. The maximum Gasteiger partial charge on any atom is 0.162 e. The molecule has 0 aliphatic carbocycles. The smallest absolute Gasteiger partial charge is 0.162 e. The van der Waals surface area contributed by atoms with Crippen molar-refractivity contribution in [2.24, 2.45) is 0 Å². The zero-order valence-electron chi connectivity index (χ0n) is 13.4. The molecule has 0 saturated carbocycles. The quantitative estimate of drug-likeness (QED) is 0.933. The molecule has 0 amide bonds. The van der Waals surface area contributed by atoms with Crippen LogP contribution in [0.1, 0.15) is 48.1 Å². The molecule has 5 nitrogen and oxygen atoms in total. The zero-order chi connectivity index (χ0) is 15.0. The van der Waals surface area contributed by atoms with E-state index in [1.807, 2.05) is 25.6 Å². The second-order valence-electron chi connectivity index (χ2n) is 5.49. The monoisotopic (exact) mass is 273 g/mol. The minimum Gasteiger partial charge on any atom is -0.373 e. The van der Waals surface area contributed by atoms with E-state index in [2.05, 4.69) is 43.1 Å². The molecule has 0 aliphatic heterocycles. The molecule has 0 bridgehead atoms. The lowest BCUT2D eigenvalue weighted by molar-refractivity contribution is 0.731. The van der Waals surface area contributed by atoms with E-state index in [-0.39, 0.29) is 5.92 Å². The van der Waals surface area contributed by atoms with Gasteiger partial charge in [-0.25, -0.2) is 14.6 Å². The second-order valence-corrected chi connectivity index (χ2v) is 5.49. The summed E-state index contributed by atoms with van der Waals surface area (Å²) in [5.74, 6) is 2.84. The number of hydrogen-bond donors (Lipinski definition) is 1. The van der Waals surface area contributed by atoms with Crippen molar-refractivity contribution < 1.29 is 0 Å². The van der Waals surface area contributed by atoms with Gasteiger partial charge in [-0.05, 0) is 33.3 Å². The Hall–Kier alpha value is -1.91. The molecule has 2 aromatic rings. The molecule has 0 radical (unpaired) electrons. The van der Waals surface area contributed by atoms with Gasteiger partial charge in [-0.1, -0.05) is 13.8 Å². The topological polar surface area (TPSA) is 55.6 Å². The summed E-state index contributed by atoms with van der Waals surface area (Å²) in [7, 11) is 1.88. The van der Waals surface area contributed by atoms with Crippen LogP contribution in [0.3, 0.4) is 0 Å². The minimum atomic E-state index is 0.277. The Morgan fingerprint density at radius 1 is 1.00 bits per heavy atom. The van der Waals surface area contributed by atoms with Gasteiger partial charge in [0.05, 0.1) is 5.69 Å². The highest BCUT2D eigenvalue weighted by atomic mass is 15.3. The van der Waals surface area contributed by atoms with Gasteiger partial charge in [0.2, 0.25) is 0 Å². The Morgan fingerprint density at radius 3 is 2.10 bits per heavy atom. The third-order valence-electron chi connectivity index (χ3n) is 3.74. The Kier molecular flexibility index (Phi) is 3.79. The van der Waals surface area contributed by atoms with Crippen molar-refractivity contribution in [3.05, 3.63) is 28.3 Å². The predicted octanol–water partition coefficient (Wildman–Crippen LogP) is 3.06. The highest BCUT2D eigenvalue weighted by Gasteiger charge is 2.17. The van der Waals surface area contributed by atoms with Gasteiger partial charge < -0.3 is 5.32 Å². The molecule has 1 N–H and O–H groups in total. The van der Waals surface area contributed by atoms with Crippen LogP contribution >= 0.6 is 0 Å². The fraction of sp³-hybridized carbons (Fsp3) is 0.533. The number of nitrogens with zero attached hydrogens (tertiary/aromatic N) is 4. The summed E-state index contributed by atoms with van der Waals surface area (Å²) >= 11 is 0. The van der Waals surface area contributed by atoms with E-state index in [0.29, 0.717) is 0 Å². The van der Waals surface area contributed by atoms with E-state index in [4.69, 9.17) is 4.98 Å². The first-order chi connectivity index (χ1) is 9.36. The second kappa shape index (κ2) is 5.23. The number of aryl methyl sites for hydroxylation is 1. The molecule has 5 heteroatoms. The molecule has 2 heterocycles. The van der Waals surface area contributed by atoms with Gasteiger partial charge in [0.25, 0.3) is 0 Å². The summed E-state index contributed by atoms with van der Waals surface area (Å²) in [5, 5.41) is 7.76. The van der Waals surface area contributed by atoms with Crippen molar-refractivity contribution in [1.29, 1.82) is 0 Å². The van der Waals surface area contributed by atoms with Gasteiger partial charge in [-0.3, -0.25) is 0 Å². The van der Waals surface area contributed by atoms with Crippen LogP contribution in [0.2, 0.25) is 0 Å². The van der Waals surface area contributed by atoms with Crippen LogP contribution in [0.15, 0.2) is 0 Å². The van der Waals surface area contributed by atoms with Crippen molar-refractivity contribution in [2.45, 2.75) is 47.5 Å². The average Bonchev–Trinajstić information content (AvgIpc) is 2.66. The van der Waals surface area contributed by atoms with Crippen LogP contribution in [0, 0.1) is 27.7 Å². The number of rotatable bonds is 3. The predicted molar refractivity (Wildman–Crippen MR) is 81.7 cm³/mol. The van der Waals surface area contributed by atoms with E-state index >= 15 is 0 Å². The molecule has 2 rings (SSSR count). The molecule has 0 spiro atoms. The van der Waals surface area contributed by atoms with E-state index in [1.165, 1.54) is 5.56 Å². The molecule has 0 saturated heterocycles. The molecule has 0 aromatic carbocycles. The molecule has 108 valence electrons. The van der Waals surface area contributed by atoms with E-state index < -0.39 is 0 Å². The van der Waals surface area contributed by atoms with Gasteiger partial charge in [-0.2, -0.15) is 5.10 Å². The largest absolute Gasteiger partial charge is 0.373 e. The van der Waals surface area contributed by atoms with Crippen LogP contribution in [0.5, 0.6) is 0 Å². The number of aromatic nitrogens is 4. The summed E-state index contributed by atoms with van der Waals surface area (Å²) in [6, 6.07) is 0. The fourth-order valence-electron chi connectivity index (χ4n) is 2.16. The maximum atomic E-state index is 4.72. The fourth-order valence-corrected chi connectivity index (χ4v) is 2.16. The van der Waals surface area contributed by atoms with Crippen molar-refractivity contribution in [3.8, 4) is 5.82 Å². The average molecular weight is 273 g/mol. The highest BCUT2D eigenvalue weighted by Crippen LogP contribution is 2.24. The molecule has 0 fully saturated rings. The van der Waals surface area contributed by atoms with Crippen LogP contribution in [-0.2, 0) is 0 Å². The first-order valence-corrected chi connectivity index (χ1v) is 6.96. The lowest BCUT2D eigenvalue weighted by atomic mass is 10.2. The summed E-state index contributed by atoms with van der Waals surface area (Å²) in [6.07, 6.45) is 0. The molecule has 0 aliphatic rings. The SMILES string of the molecule is CNc1nc(C(C)C)nc(-n2nc(C)c(C)c2C)c1C. The lowest BCUT2D eigenvalue weighted by Gasteiger charge is -2.14. The van der Waals surface area contributed by atoms with Gasteiger partial charge in [-0.15, -0.1) is 0 Å². The Labute approximate surface area is 120 Å². The van der Waals surface area contributed by atoms with Crippen LogP contribution in [0.25, 0.3) is 5.82 Å². The normalized spacial score (nSPS) is 11.2. The molecular formula is C15H23N5. The summed E-state index contributed by atoms with van der Waals surface area (Å²) < 4.78 is 1.92. The summed E-state index contributed by atoms with van der Waals surface area (Å²) in [6.45, 7) is 12.4. The third kappa shape index (κ3) is 2.28. The highest BCUT2D eigenvalue weighted by molar-refractivity contribution is 5.52. The van der Waals surface area contributed by atoms with E-state index in [1.54, 1.807) is 0 Å². The number of anilines is 1. The summed E-state index contributed by atoms with van der Waals surface area (Å²) in [5.41, 5.74) is 4.39. The van der Waals surface area contributed by atoms with Crippen molar-refractivity contribution in [1.82, 2.24) is 19.7 Å². The van der Waals surface area contributed by atoms with Crippen LogP contribution in [-0.4, -0.2) is 26.8 Å². The lowest BCUT2D eigenvalue weighted by Crippen LogP contribution is -2.12. The number of hydrogen-bond acceptors (Lipinski definition) is 4. The van der Waals surface area contributed by atoms with E-state index in [9.17, 15) is 0 Å². The van der Waals surface area contributed by atoms with Gasteiger partial charge in [0.15, 0.2) is 5.82 Å². The number of nitrogens with one attached hydrogen (secondary N) is 1. The van der Waals surface area contributed by atoms with Gasteiger partial charge >= 0.3 is 0 Å². The first kappa shape index (κ1) is 14.5. The molecule has 2 aromatic heterocycles. The van der Waals surface area contributed by atoms with Gasteiger partial charge in [0.1, 0.15) is 11.6 Å². The summed E-state index contributed by atoms with van der Waals surface area (Å²) in [4.78, 5) is 9.29. The van der Waals surface area contributed by atoms with Crippen molar-refractivity contribution in [3.63, 3.8) is 0 Å². The third-order valence-corrected chi connectivity index (χ3v) is 3.74. The minimum absolute atomic E-state index is 0.277. The van der Waals surface area contributed by atoms with Crippen molar-refractivity contribution >= 4 is 5.82 Å². The maximum absolute atomic E-state index is 4.72. The zero-order valence-corrected chi connectivity index (χ0v) is 13.4.